The molecule has 0 saturated heterocycles. The molecule has 0 aliphatic rings. The molecule has 0 fully saturated rings. The maximum absolute atomic E-state index is 2.39. The number of rotatable bonds is 22. The van der Waals surface area contributed by atoms with Crippen molar-refractivity contribution in [2.45, 2.75) is 78.6 Å². The Kier molecular flexibility index (Phi) is 24.1. The van der Waals surface area contributed by atoms with Crippen molar-refractivity contribution in [3.8, 4) is 5.69 Å². The second kappa shape index (κ2) is 37.5. The van der Waals surface area contributed by atoms with Crippen LogP contribution in [-0.2, 0) is 0 Å². The van der Waals surface area contributed by atoms with Crippen LogP contribution in [0.5, 0.6) is 0 Å². The molecular formula is C122H104N6. The molecule has 0 saturated carbocycles. The Morgan fingerprint density at radius 1 is 0.180 bits per heavy atom. The highest BCUT2D eigenvalue weighted by Gasteiger charge is 2.24. The van der Waals surface area contributed by atoms with Crippen molar-refractivity contribution in [3.05, 3.63) is 484 Å². The monoisotopic (exact) mass is 1650 g/mol. The molecule has 21 rings (SSSR count). The molecule has 0 N–H and O–H groups in total. The maximum Gasteiger partial charge on any atom is 0.0541 e. The minimum atomic E-state index is 0.531. The number of hydrogen-bond acceptors (Lipinski definition) is 5. The number of hydrogen-bond donors (Lipinski definition) is 0. The highest BCUT2D eigenvalue weighted by Crippen LogP contribution is 2.47. The van der Waals surface area contributed by atoms with E-state index in [1.165, 1.54) is 104 Å². The molecule has 0 spiro atoms. The number of fused-ring (bicyclic) bond motifs is 8. The van der Waals surface area contributed by atoms with Gasteiger partial charge < -0.3 is 29.1 Å². The maximum atomic E-state index is 2.39. The van der Waals surface area contributed by atoms with Gasteiger partial charge in [-0.1, -0.05) is 315 Å². The fraction of sp³-hybridized carbons (Fsp3) is 0.0984. The third-order valence-electron chi connectivity index (χ3n) is 25.7. The summed E-state index contributed by atoms with van der Waals surface area (Å²) in [5.74, 6) is 1.62. The third kappa shape index (κ3) is 17.1. The number of para-hydroxylation sites is 4. The first-order chi connectivity index (χ1) is 63.1. The highest BCUT2D eigenvalue weighted by atomic mass is 15.2. The van der Waals surface area contributed by atoms with E-state index in [1.54, 1.807) is 0 Å². The molecule has 1 heterocycles. The zero-order chi connectivity index (χ0) is 86.8. The SMILES string of the molecule is CCC(C)c1ccc(N(c2ccc(-n3c4ccccc4c4ccccc43)cc2)c2cccc3ccccc23)cc1.CCC(C)c1ccc(N(c2ccc(N(c3ccc4ccccc4c3)c3ccc4ccccc4c3)cc2)c2ccc3ccccc3c2)cc1.CCC(C)c1ccc(N(c2ccc(N(c3ccccc3)c3ccccc3)cc2)c2cccc3ccccc23)cc1. The van der Waals surface area contributed by atoms with Gasteiger partial charge in [-0.2, -0.15) is 0 Å². The van der Waals surface area contributed by atoms with Crippen LogP contribution in [0.15, 0.2) is 467 Å². The molecule has 20 aromatic carbocycles. The Balaban J connectivity index is 0.000000126. The van der Waals surface area contributed by atoms with Crippen LogP contribution in [0.3, 0.4) is 0 Å². The molecule has 0 radical (unpaired) electrons. The first-order valence-electron chi connectivity index (χ1n) is 45.2. The van der Waals surface area contributed by atoms with Crippen molar-refractivity contribution in [1.29, 1.82) is 0 Å². The molecule has 0 amide bonds. The molecule has 6 nitrogen and oxygen atoms in total. The van der Waals surface area contributed by atoms with E-state index in [2.05, 4.69) is 538 Å². The van der Waals surface area contributed by atoms with Crippen LogP contribution in [-0.4, -0.2) is 4.57 Å². The van der Waals surface area contributed by atoms with E-state index in [9.17, 15) is 0 Å². The number of nitrogens with zero attached hydrogens (tertiary/aromatic N) is 6. The second-order valence-electron chi connectivity index (χ2n) is 33.6. The van der Waals surface area contributed by atoms with E-state index < -0.39 is 0 Å². The Bertz CT molecular complexity index is 7190. The van der Waals surface area contributed by atoms with Crippen LogP contribution in [0.1, 0.15) is 95.2 Å². The zero-order valence-corrected chi connectivity index (χ0v) is 73.5. The van der Waals surface area contributed by atoms with E-state index in [4.69, 9.17) is 0 Å². The molecule has 3 atom stereocenters. The standard InChI is InChI=1S/C46H38N2.C38H32N2.C38H34N2/c1-3-33(2)34-16-21-41(22-17-34)47(44-23-18-35-10-4-7-13-38(35)30-44)42-26-28-43(29-27-42)48(45-24-19-36-11-5-8-14-39(36)31-45)46-25-20-37-12-6-9-15-40(37)32-46;1-3-27(2)28-19-21-30(22-20-28)39(36-18-10-12-29-11-4-5-13-33(29)36)31-23-25-32(26-24-31)40-37-16-8-6-14-34(37)35-15-7-9-17-38(35)40;1-3-29(2)30-21-23-35(24-22-30)40(38-20-12-14-31-13-10-11-19-37(31)38)36-27-25-34(26-28-36)39(32-15-6-4-7-16-32)33-17-8-5-9-18-33/h4-33H,3H2,1-2H3;4-27H,3H2,1-2H3;4-29H,3H2,1-2H3. The van der Waals surface area contributed by atoms with Gasteiger partial charge in [-0.15, -0.1) is 0 Å². The summed E-state index contributed by atoms with van der Waals surface area (Å²) in [5, 5.41) is 14.9. The summed E-state index contributed by atoms with van der Waals surface area (Å²) in [6, 6.07) is 169. The van der Waals surface area contributed by atoms with Crippen molar-refractivity contribution >= 4 is 161 Å². The fourth-order valence-electron chi connectivity index (χ4n) is 18.1. The van der Waals surface area contributed by atoms with Crippen LogP contribution in [0.2, 0.25) is 0 Å². The molecule has 0 bridgehead atoms. The van der Waals surface area contributed by atoms with Gasteiger partial charge >= 0.3 is 0 Å². The Morgan fingerprint density at radius 2 is 0.406 bits per heavy atom. The van der Waals surface area contributed by atoms with Gasteiger partial charge in [0.05, 0.1) is 22.4 Å². The molecule has 0 aliphatic carbocycles. The molecule has 3 unspecified atom stereocenters. The number of aromatic nitrogens is 1. The lowest BCUT2D eigenvalue weighted by molar-refractivity contribution is 0.733. The summed E-state index contributed by atoms with van der Waals surface area (Å²) in [4.78, 5) is 11.8. The van der Waals surface area contributed by atoms with Gasteiger partial charge in [0.1, 0.15) is 0 Å². The van der Waals surface area contributed by atoms with Crippen molar-refractivity contribution in [1.82, 2.24) is 4.57 Å². The van der Waals surface area contributed by atoms with Crippen LogP contribution in [0.4, 0.5) is 85.3 Å². The summed E-state index contributed by atoms with van der Waals surface area (Å²) in [7, 11) is 0. The minimum absolute atomic E-state index is 0.531. The smallest absolute Gasteiger partial charge is 0.0541 e. The quantitative estimate of drug-likeness (QED) is 0.0672. The molecule has 1 aromatic heterocycles. The average Bonchev–Trinajstić information content (AvgIpc) is 1.56. The largest absolute Gasteiger partial charge is 0.311 e. The lowest BCUT2D eigenvalue weighted by atomic mass is 9.98. The van der Waals surface area contributed by atoms with Gasteiger partial charge in [0, 0.05) is 101 Å². The lowest BCUT2D eigenvalue weighted by Crippen LogP contribution is -2.12. The van der Waals surface area contributed by atoms with Gasteiger partial charge in [-0.05, 0) is 291 Å². The third-order valence-corrected chi connectivity index (χ3v) is 25.7. The van der Waals surface area contributed by atoms with Crippen molar-refractivity contribution in [2.75, 3.05) is 24.5 Å². The molecule has 622 valence electrons. The molecule has 6 heteroatoms. The van der Waals surface area contributed by atoms with Gasteiger partial charge in [-0.3, -0.25) is 0 Å². The van der Waals surface area contributed by atoms with Crippen molar-refractivity contribution < 1.29 is 0 Å². The first-order valence-corrected chi connectivity index (χ1v) is 45.2. The minimum Gasteiger partial charge on any atom is -0.311 e. The average molecular weight is 1650 g/mol. The predicted octanol–water partition coefficient (Wildman–Crippen LogP) is 35.8. The lowest BCUT2D eigenvalue weighted by Gasteiger charge is -2.29. The summed E-state index contributed by atoms with van der Waals surface area (Å²) in [5.41, 5.74) is 24.8. The van der Waals surface area contributed by atoms with Crippen LogP contribution in [0.25, 0.3) is 81.4 Å². The van der Waals surface area contributed by atoms with Crippen LogP contribution >= 0.6 is 0 Å². The van der Waals surface area contributed by atoms with Gasteiger partial charge in [0.25, 0.3) is 0 Å². The van der Waals surface area contributed by atoms with Crippen molar-refractivity contribution in [2.24, 2.45) is 0 Å². The van der Waals surface area contributed by atoms with E-state index in [0.29, 0.717) is 17.8 Å². The zero-order valence-electron chi connectivity index (χ0n) is 73.5. The van der Waals surface area contributed by atoms with Gasteiger partial charge in [-0.25, -0.2) is 0 Å². The molecular weight excluding hydrogens is 1550 g/mol. The summed E-state index contributed by atoms with van der Waals surface area (Å²) in [6.45, 7) is 13.6. The number of benzene rings is 20. The Morgan fingerprint density at radius 3 is 0.734 bits per heavy atom. The molecule has 21 aromatic rings. The Hall–Kier alpha value is -15.5. The van der Waals surface area contributed by atoms with E-state index in [1.807, 2.05) is 0 Å². The first kappa shape index (κ1) is 82.1. The van der Waals surface area contributed by atoms with Crippen molar-refractivity contribution in [3.63, 3.8) is 0 Å². The predicted molar refractivity (Wildman–Crippen MR) is 551 cm³/mol. The van der Waals surface area contributed by atoms with E-state index in [0.717, 1.165) is 98.9 Å². The van der Waals surface area contributed by atoms with Crippen LogP contribution in [0, 0.1) is 0 Å². The van der Waals surface area contributed by atoms with E-state index >= 15 is 0 Å². The summed E-state index contributed by atoms with van der Waals surface area (Å²) < 4.78 is 2.37. The normalized spacial score (nSPS) is 12.0. The fourth-order valence-corrected chi connectivity index (χ4v) is 18.1. The van der Waals surface area contributed by atoms with E-state index in [-0.39, 0.29) is 0 Å². The molecule has 0 aliphatic heterocycles. The number of anilines is 15. The van der Waals surface area contributed by atoms with Gasteiger partial charge in [0.15, 0.2) is 0 Å². The van der Waals surface area contributed by atoms with Gasteiger partial charge in [0.2, 0.25) is 0 Å². The second-order valence-corrected chi connectivity index (χ2v) is 33.6. The summed E-state index contributed by atoms with van der Waals surface area (Å²) >= 11 is 0. The summed E-state index contributed by atoms with van der Waals surface area (Å²) in [6.07, 6.45) is 3.39. The highest BCUT2D eigenvalue weighted by molar-refractivity contribution is 6.10. The molecule has 128 heavy (non-hydrogen) atoms. The Labute approximate surface area is 753 Å². The topological polar surface area (TPSA) is 21.1 Å². The van der Waals surface area contributed by atoms with Crippen LogP contribution < -0.4 is 24.5 Å².